The summed E-state index contributed by atoms with van der Waals surface area (Å²) in [5.41, 5.74) is 0.600. The van der Waals surface area contributed by atoms with Crippen LogP contribution in [0.25, 0.3) is 11.1 Å². The van der Waals surface area contributed by atoms with E-state index in [4.69, 9.17) is 0 Å². The Morgan fingerprint density at radius 2 is 1.83 bits per heavy atom. The predicted molar refractivity (Wildman–Crippen MR) is 110 cm³/mol. The van der Waals surface area contributed by atoms with Crippen LogP contribution >= 0.6 is 0 Å². The number of nitrogens with one attached hydrogen (secondary N) is 1. The van der Waals surface area contributed by atoms with Crippen LogP contribution < -0.4 is 4.72 Å². The molecule has 0 radical (unpaired) electrons. The number of amides is 1. The molecule has 1 N–H and O–H groups in total. The first kappa shape index (κ1) is 20.0. The van der Waals surface area contributed by atoms with E-state index >= 15 is 4.39 Å². The van der Waals surface area contributed by atoms with E-state index < -0.39 is 21.6 Å². The number of carbonyl (C=O) groups is 1. The second-order valence-electron chi connectivity index (χ2n) is 8.04. The fourth-order valence-electron chi connectivity index (χ4n) is 4.33. The molecule has 0 spiro atoms. The van der Waals surface area contributed by atoms with Gasteiger partial charge in [-0.15, -0.1) is 0 Å². The highest BCUT2D eigenvalue weighted by Crippen LogP contribution is 2.58. The number of halogens is 1. The second kappa shape index (κ2) is 7.54. The molecule has 7 heteroatoms. The van der Waals surface area contributed by atoms with Crippen LogP contribution in [-0.4, -0.2) is 44.6 Å². The number of likely N-dealkylation sites (tertiary alicyclic amines) is 1. The third-order valence-corrected chi connectivity index (χ3v) is 6.53. The van der Waals surface area contributed by atoms with Crippen LogP contribution in [0.15, 0.2) is 54.6 Å². The SMILES string of the molecule is CS(=O)(=O)N[C@@H]1CCCN(C(=O)[C@@H]2C[C@@]2(F)c2ccccc2-c2ccccc2)C1. The minimum atomic E-state index is -3.34. The van der Waals surface area contributed by atoms with Gasteiger partial charge in [0.1, 0.15) is 5.67 Å². The normalized spacial score (nSPS) is 26.9. The lowest BCUT2D eigenvalue weighted by Gasteiger charge is -2.33. The van der Waals surface area contributed by atoms with Crippen molar-refractivity contribution in [3.8, 4) is 11.1 Å². The largest absolute Gasteiger partial charge is 0.341 e. The van der Waals surface area contributed by atoms with Crippen molar-refractivity contribution < 1.29 is 17.6 Å². The summed E-state index contributed by atoms with van der Waals surface area (Å²) in [6.45, 7) is 0.826. The summed E-state index contributed by atoms with van der Waals surface area (Å²) in [7, 11) is -3.34. The van der Waals surface area contributed by atoms with Crippen LogP contribution in [0.3, 0.4) is 0 Å². The Balaban J connectivity index is 1.53. The van der Waals surface area contributed by atoms with Crippen molar-refractivity contribution in [2.45, 2.75) is 31.0 Å². The van der Waals surface area contributed by atoms with Gasteiger partial charge in [0.05, 0.1) is 12.2 Å². The molecule has 3 atom stereocenters. The molecule has 2 fully saturated rings. The van der Waals surface area contributed by atoms with Gasteiger partial charge >= 0.3 is 0 Å². The summed E-state index contributed by atoms with van der Waals surface area (Å²) in [5.74, 6) is -0.945. The second-order valence-corrected chi connectivity index (χ2v) is 9.82. The monoisotopic (exact) mass is 416 g/mol. The van der Waals surface area contributed by atoms with Gasteiger partial charge in [0.15, 0.2) is 0 Å². The zero-order valence-electron chi connectivity index (χ0n) is 16.3. The molecule has 2 aromatic rings. The van der Waals surface area contributed by atoms with Crippen molar-refractivity contribution >= 4 is 15.9 Å². The van der Waals surface area contributed by atoms with E-state index in [2.05, 4.69) is 4.72 Å². The van der Waals surface area contributed by atoms with Gasteiger partial charge < -0.3 is 4.90 Å². The molecule has 154 valence electrons. The lowest BCUT2D eigenvalue weighted by atomic mass is 9.94. The summed E-state index contributed by atoms with van der Waals surface area (Å²) < 4.78 is 41.4. The summed E-state index contributed by atoms with van der Waals surface area (Å²) in [6.07, 6.45) is 2.66. The number of sulfonamides is 1. The van der Waals surface area contributed by atoms with Crippen LogP contribution in [0.1, 0.15) is 24.8 Å². The van der Waals surface area contributed by atoms with Gasteiger partial charge in [-0.1, -0.05) is 54.6 Å². The summed E-state index contributed by atoms with van der Waals surface area (Å²) >= 11 is 0. The third kappa shape index (κ3) is 4.21. The van der Waals surface area contributed by atoms with Gasteiger partial charge in [0.2, 0.25) is 15.9 Å². The first-order valence-corrected chi connectivity index (χ1v) is 11.8. The lowest BCUT2D eigenvalue weighted by Crippen LogP contribution is -2.50. The maximum Gasteiger partial charge on any atom is 0.229 e. The Hall–Kier alpha value is -2.25. The molecule has 1 heterocycles. The van der Waals surface area contributed by atoms with Crippen molar-refractivity contribution in [3.63, 3.8) is 0 Å². The topological polar surface area (TPSA) is 66.5 Å². The number of hydrogen-bond donors (Lipinski definition) is 1. The molecule has 5 nitrogen and oxygen atoms in total. The van der Waals surface area contributed by atoms with Crippen LogP contribution in [0, 0.1) is 5.92 Å². The molecule has 1 aliphatic heterocycles. The van der Waals surface area contributed by atoms with Crippen LogP contribution in [0.2, 0.25) is 0 Å². The van der Waals surface area contributed by atoms with Crippen LogP contribution in [0.4, 0.5) is 4.39 Å². The number of nitrogens with zero attached hydrogens (tertiary/aromatic N) is 1. The molecule has 2 aromatic carbocycles. The average Bonchev–Trinajstić information content (AvgIpc) is 3.40. The molecule has 1 saturated carbocycles. The molecule has 0 bridgehead atoms. The number of rotatable bonds is 5. The highest BCUT2D eigenvalue weighted by Gasteiger charge is 2.62. The fraction of sp³-hybridized carbons (Fsp3) is 0.409. The van der Waals surface area contributed by atoms with Gasteiger partial charge in [-0.2, -0.15) is 0 Å². The van der Waals surface area contributed by atoms with Gasteiger partial charge in [-0.25, -0.2) is 17.5 Å². The van der Waals surface area contributed by atoms with Gasteiger partial charge in [-0.05, 0) is 29.5 Å². The fourth-order valence-corrected chi connectivity index (χ4v) is 5.13. The molecule has 1 saturated heterocycles. The Morgan fingerprint density at radius 3 is 2.55 bits per heavy atom. The minimum absolute atomic E-state index is 0.163. The zero-order chi connectivity index (χ0) is 20.6. The van der Waals surface area contributed by atoms with E-state index in [1.54, 1.807) is 17.0 Å². The van der Waals surface area contributed by atoms with E-state index in [-0.39, 0.29) is 18.4 Å². The Bertz CT molecular complexity index is 1010. The molecule has 2 aliphatic rings. The number of hydrogen-bond acceptors (Lipinski definition) is 3. The quantitative estimate of drug-likeness (QED) is 0.815. The molecular formula is C22H25FN2O3S. The van der Waals surface area contributed by atoms with E-state index in [0.717, 1.165) is 17.4 Å². The molecule has 1 aliphatic carbocycles. The maximum absolute atomic E-state index is 15.9. The van der Waals surface area contributed by atoms with E-state index in [1.807, 2.05) is 42.5 Å². The van der Waals surface area contributed by atoms with Gasteiger partial charge in [0, 0.05) is 25.6 Å². The lowest BCUT2D eigenvalue weighted by molar-refractivity contribution is -0.135. The molecule has 1 amide bonds. The first-order valence-electron chi connectivity index (χ1n) is 9.88. The number of piperidine rings is 1. The molecular weight excluding hydrogens is 391 g/mol. The smallest absolute Gasteiger partial charge is 0.229 e. The number of benzene rings is 2. The van der Waals surface area contributed by atoms with Crippen molar-refractivity contribution in [2.24, 2.45) is 5.92 Å². The Labute approximate surface area is 171 Å². The molecule has 29 heavy (non-hydrogen) atoms. The highest BCUT2D eigenvalue weighted by atomic mass is 32.2. The maximum atomic E-state index is 15.9. The van der Waals surface area contributed by atoms with Crippen LogP contribution in [-0.2, 0) is 20.5 Å². The number of alkyl halides is 1. The number of carbonyl (C=O) groups excluding carboxylic acids is 1. The van der Waals surface area contributed by atoms with Gasteiger partial charge in [0.25, 0.3) is 0 Å². The summed E-state index contributed by atoms with van der Waals surface area (Å²) in [5, 5.41) is 0. The first-order chi connectivity index (χ1) is 13.8. The highest BCUT2D eigenvalue weighted by molar-refractivity contribution is 7.88. The van der Waals surface area contributed by atoms with E-state index in [0.29, 0.717) is 31.5 Å². The van der Waals surface area contributed by atoms with Crippen molar-refractivity contribution in [1.82, 2.24) is 9.62 Å². The minimum Gasteiger partial charge on any atom is -0.341 e. The van der Waals surface area contributed by atoms with E-state index in [9.17, 15) is 13.2 Å². The third-order valence-electron chi connectivity index (χ3n) is 5.76. The summed E-state index contributed by atoms with van der Waals surface area (Å²) in [6, 6.07) is 16.6. The van der Waals surface area contributed by atoms with Crippen molar-refractivity contribution in [1.29, 1.82) is 0 Å². The standard InChI is InChI=1S/C22H25FN2O3S/c1-29(27,28)24-17-10-7-13-25(15-17)21(26)20-14-22(20,23)19-12-6-5-11-18(19)16-8-3-2-4-9-16/h2-6,8-9,11-12,17,20,24H,7,10,13-15H2,1H3/t17-,20+,22-/m1/s1. The molecule has 4 rings (SSSR count). The zero-order valence-corrected chi connectivity index (χ0v) is 17.2. The predicted octanol–water partition coefficient (Wildman–Crippen LogP) is 3.08. The van der Waals surface area contributed by atoms with Crippen LogP contribution in [0.5, 0.6) is 0 Å². The molecule has 0 unspecified atom stereocenters. The Kier molecular flexibility index (Phi) is 5.21. The summed E-state index contributed by atoms with van der Waals surface area (Å²) in [4.78, 5) is 14.6. The van der Waals surface area contributed by atoms with Crippen molar-refractivity contribution in [3.05, 3.63) is 60.2 Å². The molecule has 0 aromatic heterocycles. The van der Waals surface area contributed by atoms with Gasteiger partial charge in [-0.3, -0.25) is 4.79 Å². The van der Waals surface area contributed by atoms with Crippen molar-refractivity contribution in [2.75, 3.05) is 19.3 Å². The Morgan fingerprint density at radius 1 is 1.14 bits per heavy atom. The average molecular weight is 417 g/mol. The van der Waals surface area contributed by atoms with E-state index in [1.165, 1.54) is 0 Å².